The fraction of sp³-hybridized carbons (Fsp3) is 0.447. The van der Waals surface area contributed by atoms with Gasteiger partial charge in [0.1, 0.15) is 18.0 Å². The molecule has 44 heavy (non-hydrogen) atoms. The maximum Gasteiger partial charge on any atom is 0.165 e. The fourth-order valence-corrected chi connectivity index (χ4v) is 8.44. The fourth-order valence-electron chi connectivity index (χ4n) is 8.44. The predicted molar refractivity (Wildman–Crippen MR) is 175 cm³/mol. The lowest BCUT2D eigenvalue weighted by molar-refractivity contribution is -0.123. The number of aliphatic hydroxyl groups excluding tert-OH is 1. The first-order valence-corrected chi connectivity index (χ1v) is 16.0. The summed E-state index contributed by atoms with van der Waals surface area (Å²) < 4.78 is 11.8. The number of methoxy groups -OCH3 is 1. The molecule has 0 unspecified atom stereocenters. The second-order valence-corrected chi connectivity index (χ2v) is 13.1. The Kier molecular flexibility index (Phi) is 8.44. The minimum absolute atomic E-state index is 0.0806. The first-order chi connectivity index (χ1) is 21.3. The molecule has 4 aliphatic rings. The van der Waals surface area contributed by atoms with Gasteiger partial charge in [-0.1, -0.05) is 85.8 Å². The van der Waals surface area contributed by atoms with Gasteiger partial charge in [-0.05, 0) is 76.3 Å². The lowest BCUT2D eigenvalue weighted by Gasteiger charge is -2.56. The largest absolute Gasteiger partial charge is 0.493 e. The molecule has 2 aliphatic heterocycles. The number of carbonyl (C=O) groups excluding carboxylic acids is 1. The lowest BCUT2D eigenvalue weighted by atomic mass is 9.53. The van der Waals surface area contributed by atoms with Crippen molar-refractivity contribution >= 4 is 5.78 Å². The monoisotopic (exact) mass is 594 g/mol. The minimum atomic E-state index is -0.554. The Bertz CT molecular complexity index is 1460. The molecule has 1 fully saturated rings. The van der Waals surface area contributed by atoms with Crippen molar-refractivity contribution in [3.8, 4) is 11.5 Å². The summed E-state index contributed by atoms with van der Waals surface area (Å²) in [5, 5.41) is 10.6. The number of Topliss-reactive ketones (excluding diaryl/α,β-unsaturated/α-hetero) is 1. The number of hydrogen-bond acceptors (Lipinski definition) is 6. The van der Waals surface area contributed by atoms with E-state index >= 15 is 0 Å². The molecule has 3 aromatic rings. The van der Waals surface area contributed by atoms with E-state index in [0.717, 1.165) is 55.0 Å². The first-order valence-electron chi connectivity index (χ1n) is 16.0. The van der Waals surface area contributed by atoms with Crippen LogP contribution in [0.25, 0.3) is 0 Å². The summed E-state index contributed by atoms with van der Waals surface area (Å²) in [6.07, 6.45) is 6.87. The van der Waals surface area contributed by atoms with E-state index in [1.54, 1.807) is 7.11 Å². The highest BCUT2D eigenvalue weighted by molar-refractivity contribution is 5.93. The molecule has 0 radical (unpaired) electrons. The van der Waals surface area contributed by atoms with Crippen molar-refractivity contribution in [2.45, 2.75) is 61.7 Å². The first kappa shape index (κ1) is 30.6. The smallest absolute Gasteiger partial charge is 0.165 e. The quantitative estimate of drug-likeness (QED) is 0.352. The lowest BCUT2D eigenvalue weighted by Crippen LogP contribution is -2.64. The van der Waals surface area contributed by atoms with Gasteiger partial charge in [0, 0.05) is 29.4 Å². The van der Waals surface area contributed by atoms with Crippen LogP contribution in [-0.4, -0.2) is 80.3 Å². The number of likely N-dealkylation sites (N-methyl/N-ethyl adjacent to an activating group) is 1. The molecule has 5 atom stereocenters. The molecule has 7 rings (SSSR count). The van der Waals surface area contributed by atoms with Crippen LogP contribution in [0.2, 0.25) is 0 Å². The Morgan fingerprint density at radius 3 is 2.30 bits per heavy atom. The van der Waals surface area contributed by atoms with Gasteiger partial charge in [-0.25, -0.2) is 0 Å². The van der Waals surface area contributed by atoms with E-state index in [1.807, 2.05) is 55.5 Å². The number of carbonyl (C=O) groups is 1. The SMILES string of the molecule is CCC(=O)C(CCN(C)C)(c1ccccc1)c1ccccc1.COc1ccc2c3c1O[C@H]1[C@@H](O)C=C[C@H]4[C@@H](C2)N(C)CC[C@@]341. The Morgan fingerprint density at radius 1 is 1.05 bits per heavy atom. The maximum absolute atomic E-state index is 13.0. The molecule has 6 nitrogen and oxygen atoms in total. The summed E-state index contributed by atoms with van der Waals surface area (Å²) in [5.41, 5.74) is 4.23. The third-order valence-electron chi connectivity index (χ3n) is 10.6. The summed E-state index contributed by atoms with van der Waals surface area (Å²) >= 11 is 0. The van der Waals surface area contributed by atoms with E-state index in [4.69, 9.17) is 9.47 Å². The van der Waals surface area contributed by atoms with Crippen molar-refractivity contribution in [2.75, 3.05) is 41.3 Å². The number of ketones is 1. The molecule has 1 saturated heterocycles. The zero-order valence-electron chi connectivity index (χ0n) is 26.7. The van der Waals surface area contributed by atoms with Gasteiger partial charge in [0.25, 0.3) is 0 Å². The van der Waals surface area contributed by atoms with Gasteiger partial charge in [0.05, 0.1) is 12.5 Å². The molecule has 2 aliphatic carbocycles. The van der Waals surface area contributed by atoms with Gasteiger partial charge >= 0.3 is 0 Å². The Balaban J connectivity index is 0.000000156. The zero-order valence-corrected chi connectivity index (χ0v) is 26.7. The summed E-state index contributed by atoms with van der Waals surface area (Å²) in [5.74, 6) is 2.37. The van der Waals surface area contributed by atoms with Gasteiger partial charge in [0.15, 0.2) is 11.5 Å². The number of aliphatic hydroxyl groups is 1. The number of hydrogen-bond donors (Lipinski definition) is 1. The van der Waals surface area contributed by atoms with Gasteiger partial charge in [-0.15, -0.1) is 0 Å². The van der Waals surface area contributed by atoms with Crippen LogP contribution in [-0.2, 0) is 22.0 Å². The number of ether oxygens (including phenoxy) is 2. The van der Waals surface area contributed by atoms with E-state index in [9.17, 15) is 9.90 Å². The topological polar surface area (TPSA) is 62.2 Å². The summed E-state index contributed by atoms with van der Waals surface area (Å²) in [6, 6.07) is 25.1. The van der Waals surface area contributed by atoms with E-state index in [-0.39, 0.29) is 17.3 Å². The highest BCUT2D eigenvalue weighted by Crippen LogP contribution is 2.62. The highest BCUT2D eigenvalue weighted by atomic mass is 16.5. The van der Waals surface area contributed by atoms with Gasteiger partial charge in [0.2, 0.25) is 0 Å². The minimum Gasteiger partial charge on any atom is -0.493 e. The van der Waals surface area contributed by atoms with Gasteiger partial charge in [-0.3, -0.25) is 4.79 Å². The molecule has 2 bridgehead atoms. The summed E-state index contributed by atoms with van der Waals surface area (Å²) in [6.45, 7) is 3.88. The van der Waals surface area contributed by atoms with E-state index in [0.29, 0.717) is 18.4 Å². The van der Waals surface area contributed by atoms with Crippen LogP contribution < -0.4 is 9.47 Å². The average molecular weight is 595 g/mol. The third kappa shape index (κ3) is 4.79. The van der Waals surface area contributed by atoms with E-state index in [2.05, 4.69) is 67.4 Å². The van der Waals surface area contributed by atoms with Crippen LogP contribution in [0.1, 0.15) is 48.4 Å². The summed E-state index contributed by atoms with van der Waals surface area (Å²) in [4.78, 5) is 17.6. The van der Waals surface area contributed by atoms with Crippen molar-refractivity contribution < 1.29 is 19.4 Å². The predicted octanol–water partition coefficient (Wildman–Crippen LogP) is 5.40. The Morgan fingerprint density at radius 2 is 1.70 bits per heavy atom. The third-order valence-corrected chi connectivity index (χ3v) is 10.6. The Labute approximate surface area is 262 Å². The Hall–Kier alpha value is -3.45. The van der Waals surface area contributed by atoms with Gasteiger partial charge < -0.3 is 24.4 Å². The van der Waals surface area contributed by atoms with Gasteiger partial charge in [-0.2, -0.15) is 0 Å². The van der Waals surface area contributed by atoms with Crippen LogP contribution >= 0.6 is 0 Å². The van der Waals surface area contributed by atoms with E-state index < -0.39 is 11.5 Å². The number of benzene rings is 3. The zero-order chi connectivity index (χ0) is 31.1. The number of nitrogens with zero attached hydrogens (tertiary/aromatic N) is 2. The van der Waals surface area contributed by atoms with Crippen molar-refractivity contribution in [1.82, 2.24) is 9.80 Å². The maximum atomic E-state index is 13.0. The summed E-state index contributed by atoms with van der Waals surface area (Å²) in [7, 11) is 8.01. The average Bonchev–Trinajstić information content (AvgIpc) is 3.41. The standard InChI is InChI=1S/C20H25NO.C18H21NO3/c1-4-19(22)20(15-16-21(2)3,17-11-7-5-8-12-17)18-13-9-6-10-14-18;1-19-8-7-18-11-4-5-13(20)17(18)22-16-14(21-2)6-3-10(15(16)18)9-12(11)19/h5-14H,4,15-16H2,1-3H3;3-6,11-13,17,20H,7-9H2,1-2H3/t;11-,12+,13-,17-,18-/m.0/s1. The molecule has 1 spiro atoms. The van der Waals surface area contributed by atoms with Crippen LogP contribution in [0.4, 0.5) is 0 Å². The number of likely N-dealkylation sites (tertiary alicyclic amines) is 1. The molecular weight excluding hydrogens is 548 g/mol. The van der Waals surface area contributed by atoms with Crippen LogP contribution in [0.15, 0.2) is 84.9 Å². The van der Waals surface area contributed by atoms with Crippen molar-refractivity contribution in [3.63, 3.8) is 0 Å². The molecule has 0 amide bonds. The van der Waals surface area contributed by atoms with Crippen molar-refractivity contribution in [1.29, 1.82) is 0 Å². The van der Waals surface area contributed by atoms with Crippen molar-refractivity contribution in [2.24, 2.45) is 5.92 Å². The van der Waals surface area contributed by atoms with E-state index in [1.165, 1.54) is 11.1 Å². The highest BCUT2D eigenvalue weighted by Gasteiger charge is 2.64. The van der Waals surface area contributed by atoms with Crippen molar-refractivity contribution in [3.05, 3.63) is 107 Å². The molecule has 6 heteroatoms. The normalized spacial score (nSPS) is 26.3. The molecular formula is C38H46N2O4. The number of rotatable bonds is 8. The molecule has 3 aromatic carbocycles. The second kappa shape index (κ2) is 12.2. The van der Waals surface area contributed by atoms with Crippen LogP contribution in [0, 0.1) is 5.92 Å². The van der Waals surface area contributed by atoms with Crippen LogP contribution in [0.3, 0.4) is 0 Å². The molecule has 0 saturated carbocycles. The molecule has 0 aromatic heterocycles. The molecule has 232 valence electrons. The van der Waals surface area contributed by atoms with Crippen LogP contribution in [0.5, 0.6) is 11.5 Å². The molecule has 2 heterocycles. The number of piperidine rings is 1. The second-order valence-electron chi connectivity index (χ2n) is 13.1. The molecule has 1 N–H and O–H groups in total.